The molecule has 0 heterocycles. The smallest absolute Gasteiger partial charge is 0.242 e. The maximum atomic E-state index is 12.0. The van der Waals surface area contributed by atoms with Crippen molar-refractivity contribution in [3.8, 4) is 0 Å². The fourth-order valence-corrected chi connectivity index (χ4v) is 3.65. The Balaban J connectivity index is 2.03. The molecule has 1 aliphatic rings. The van der Waals surface area contributed by atoms with E-state index < -0.39 is 10.0 Å². The van der Waals surface area contributed by atoms with Gasteiger partial charge in [-0.25, -0.2) is 13.1 Å². The molecule has 1 aromatic rings. The molecule has 5 heteroatoms. The van der Waals surface area contributed by atoms with Gasteiger partial charge in [0.25, 0.3) is 0 Å². The Hall–Kier alpha value is -1.07. The predicted octanol–water partition coefficient (Wildman–Crippen LogP) is 2.83. The third-order valence-corrected chi connectivity index (χ3v) is 5.63. The van der Waals surface area contributed by atoms with E-state index in [1.807, 2.05) is 12.1 Å². The Morgan fingerprint density at radius 3 is 2.45 bits per heavy atom. The lowest BCUT2D eigenvalue weighted by Gasteiger charge is -2.26. The van der Waals surface area contributed by atoms with Gasteiger partial charge in [-0.15, -0.1) is 0 Å². The van der Waals surface area contributed by atoms with E-state index in [1.54, 1.807) is 12.1 Å². The summed E-state index contributed by atoms with van der Waals surface area (Å²) in [6.07, 6.45) is 5.02. The molecule has 0 unspecified atom stereocenters. The van der Waals surface area contributed by atoms with Crippen molar-refractivity contribution in [3.63, 3.8) is 0 Å². The van der Waals surface area contributed by atoms with Crippen LogP contribution in [0.4, 0.5) is 5.69 Å². The topological polar surface area (TPSA) is 58.2 Å². The zero-order valence-corrected chi connectivity index (χ0v) is 13.0. The first-order valence-electron chi connectivity index (χ1n) is 7.29. The lowest BCUT2D eigenvalue weighted by atomic mass is 9.83. The van der Waals surface area contributed by atoms with Gasteiger partial charge in [0.1, 0.15) is 4.90 Å². The van der Waals surface area contributed by atoms with E-state index in [9.17, 15) is 8.42 Å². The van der Waals surface area contributed by atoms with Gasteiger partial charge in [-0.05, 0) is 43.9 Å². The van der Waals surface area contributed by atoms with Crippen molar-refractivity contribution in [1.29, 1.82) is 0 Å². The van der Waals surface area contributed by atoms with Crippen LogP contribution in [0.25, 0.3) is 0 Å². The minimum absolute atomic E-state index is 0.326. The molecule has 4 nitrogen and oxygen atoms in total. The van der Waals surface area contributed by atoms with Crippen molar-refractivity contribution in [2.24, 2.45) is 11.8 Å². The number of rotatable bonds is 5. The van der Waals surface area contributed by atoms with Gasteiger partial charge in [0.15, 0.2) is 0 Å². The molecule has 2 N–H and O–H groups in total. The summed E-state index contributed by atoms with van der Waals surface area (Å²) in [4.78, 5) is 0.326. The summed E-state index contributed by atoms with van der Waals surface area (Å²) < 4.78 is 26.3. The maximum Gasteiger partial charge on any atom is 0.242 e. The molecule has 1 saturated carbocycles. The van der Waals surface area contributed by atoms with Gasteiger partial charge in [-0.2, -0.15) is 0 Å². The predicted molar refractivity (Wildman–Crippen MR) is 82.3 cm³/mol. The minimum Gasteiger partial charge on any atom is -0.384 e. The van der Waals surface area contributed by atoms with Gasteiger partial charge in [0.05, 0.1) is 5.69 Å². The maximum absolute atomic E-state index is 12.0. The lowest BCUT2D eigenvalue weighted by molar-refractivity contribution is 0.300. The summed E-state index contributed by atoms with van der Waals surface area (Å²) in [7, 11) is -1.96. The van der Waals surface area contributed by atoms with E-state index in [2.05, 4.69) is 17.0 Å². The summed E-state index contributed by atoms with van der Waals surface area (Å²) in [6.45, 7) is 3.15. The third-order valence-electron chi connectivity index (χ3n) is 4.16. The molecule has 0 spiro atoms. The second kappa shape index (κ2) is 6.59. The number of hydrogen-bond donors (Lipinski definition) is 2. The highest BCUT2D eigenvalue weighted by molar-refractivity contribution is 7.89. The second-order valence-corrected chi connectivity index (χ2v) is 7.57. The Morgan fingerprint density at radius 2 is 1.80 bits per heavy atom. The van der Waals surface area contributed by atoms with E-state index in [-0.39, 0.29) is 0 Å². The molecule has 0 saturated heterocycles. The molecule has 0 bridgehead atoms. The Morgan fingerprint density at radius 1 is 1.15 bits per heavy atom. The first kappa shape index (κ1) is 15.3. The summed E-state index contributed by atoms with van der Waals surface area (Å²) >= 11 is 0. The van der Waals surface area contributed by atoms with Gasteiger partial charge in [0.2, 0.25) is 10.0 Å². The summed E-state index contributed by atoms with van der Waals surface area (Å²) in [5, 5.41) is 3.32. The van der Waals surface area contributed by atoms with E-state index in [4.69, 9.17) is 0 Å². The number of benzene rings is 1. The lowest BCUT2D eigenvalue weighted by Crippen LogP contribution is -2.23. The van der Waals surface area contributed by atoms with Crippen LogP contribution in [-0.4, -0.2) is 22.0 Å². The zero-order chi connectivity index (χ0) is 14.6. The molecular weight excluding hydrogens is 272 g/mol. The van der Waals surface area contributed by atoms with Crippen molar-refractivity contribution in [2.45, 2.75) is 37.5 Å². The average molecular weight is 296 g/mol. The van der Waals surface area contributed by atoms with Crippen LogP contribution in [0.5, 0.6) is 0 Å². The molecule has 1 aliphatic carbocycles. The number of hydrogen-bond acceptors (Lipinski definition) is 3. The van der Waals surface area contributed by atoms with Crippen LogP contribution in [0, 0.1) is 11.8 Å². The van der Waals surface area contributed by atoms with E-state index >= 15 is 0 Å². The molecule has 0 aliphatic heterocycles. The fraction of sp³-hybridized carbons (Fsp3) is 0.600. The number of anilines is 1. The Bertz CT molecular complexity index is 535. The molecular formula is C15H24N2O2S. The quantitative estimate of drug-likeness (QED) is 0.878. The van der Waals surface area contributed by atoms with Crippen LogP contribution in [0.15, 0.2) is 29.2 Å². The van der Waals surface area contributed by atoms with Gasteiger partial charge in [-0.3, -0.25) is 0 Å². The van der Waals surface area contributed by atoms with Crippen molar-refractivity contribution >= 4 is 15.7 Å². The molecule has 1 aromatic carbocycles. The van der Waals surface area contributed by atoms with Crippen molar-refractivity contribution in [1.82, 2.24) is 4.72 Å². The Kier molecular flexibility index (Phi) is 5.05. The van der Waals surface area contributed by atoms with Crippen LogP contribution >= 0.6 is 0 Å². The molecule has 0 aromatic heterocycles. The molecule has 0 radical (unpaired) electrons. The fourth-order valence-electron chi connectivity index (χ4n) is 2.74. The average Bonchev–Trinajstić information content (AvgIpc) is 2.47. The van der Waals surface area contributed by atoms with Gasteiger partial charge in [-0.1, -0.05) is 31.9 Å². The molecule has 112 valence electrons. The summed E-state index contributed by atoms with van der Waals surface area (Å²) in [6, 6.07) is 7.07. The molecule has 1 fully saturated rings. The summed E-state index contributed by atoms with van der Waals surface area (Å²) in [5.74, 6) is 1.49. The van der Waals surface area contributed by atoms with Crippen LogP contribution in [0.2, 0.25) is 0 Å². The monoisotopic (exact) mass is 296 g/mol. The molecule has 20 heavy (non-hydrogen) atoms. The zero-order valence-electron chi connectivity index (χ0n) is 12.2. The standard InChI is InChI=1S/C15H24N2O2S/c1-12-7-9-13(10-8-12)11-17-14-5-3-4-6-15(14)20(18,19)16-2/h3-6,12-13,16-17H,7-11H2,1-2H3. The molecule has 2 rings (SSSR count). The second-order valence-electron chi connectivity index (χ2n) is 5.71. The summed E-state index contributed by atoms with van der Waals surface area (Å²) in [5.41, 5.74) is 0.695. The SMILES string of the molecule is CNS(=O)(=O)c1ccccc1NCC1CCC(C)CC1. The van der Waals surface area contributed by atoms with E-state index in [0.29, 0.717) is 16.5 Å². The first-order chi connectivity index (χ1) is 9.53. The van der Waals surface area contributed by atoms with E-state index in [0.717, 1.165) is 12.5 Å². The van der Waals surface area contributed by atoms with Gasteiger partial charge in [0, 0.05) is 6.54 Å². The number of para-hydroxylation sites is 1. The van der Waals surface area contributed by atoms with E-state index in [1.165, 1.54) is 32.7 Å². The number of nitrogens with one attached hydrogen (secondary N) is 2. The third kappa shape index (κ3) is 3.73. The highest BCUT2D eigenvalue weighted by Gasteiger charge is 2.20. The first-order valence-corrected chi connectivity index (χ1v) is 8.77. The van der Waals surface area contributed by atoms with Crippen molar-refractivity contribution in [3.05, 3.63) is 24.3 Å². The van der Waals surface area contributed by atoms with Crippen LogP contribution in [-0.2, 0) is 10.0 Å². The van der Waals surface area contributed by atoms with Crippen molar-refractivity contribution in [2.75, 3.05) is 18.9 Å². The highest BCUT2D eigenvalue weighted by Crippen LogP contribution is 2.29. The van der Waals surface area contributed by atoms with Crippen LogP contribution in [0.1, 0.15) is 32.6 Å². The largest absolute Gasteiger partial charge is 0.384 e. The highest BCUT2D eigenvalue weighted by atomic mass is 32.2. The minimum atomic E-state index is -3.40. The molecule has 0 atom stereocenters. The van der Waals surface area contributed by atoms with Crippen LogP contribution < -0.4 is 10.0 Å². The van der Waals surface area contributed by atoms with Gasteiger partial charge >= 0.3 is 0 Å². The Labute approximate surface area is 122 Å². The number of sulfonamides is 1. The molecule has 0 amide bonds. The van der Waals surface area contributed by atoms with Gasteiger partial charge < -0.3 is 5.32 Å². The van der Waals surface area contributed by atoms with Crippen LogP contribution in [0.3, 0.4) is 0 Å². The normalized spacial score (nSPS) is 23.5. The van der Waals surface area contributed by atoms with Crippen molar-refractivity contribution < 1.29 is 8.42 Å².